The van der Waals surface area contributed by atoms with E-state index in [2.05, 4.69) is 39.2 Å². The van der Waals surface area contributed by atoms with Crippen LogP contribution in [0, 0.1) is 5.92 Å². The zero-order valence-corrected chi connectivity index (χ0v) is 17.8. The topological polar surface area (TPSA) is 125 Å². The Kier molecular flexibility index (Phi) is 5.54. The quantitative estimate of drug-likeness (QED) is 0.542. The van der Waals surface area contributed by atoms with Crippen molar-refractivity contribution in [3.63, 3.8) is 0 Å². The monoisotopic (exact) mass is 431 g/mol. The largest absolute Gasteiger partial charge is 0.354 e. The Morgan fingerprint density at radius 2 is 2.03 bits per heavy atom. The normalized spacial score (nSPS) is 14.5. The van der Waals surface area contributed by atoms with Gasteiger partial charge in [-0.15, -0.1) is 9.19 Å². The average molecular weight is 432 g/mol. The van der Waals surface area contributed by atoms with Crippen molar-refractivity contribution in [1.82, 2.24) is 28.7 Å². The van der Waals surface area contributed by atoms with Crippen LogP contribution >= 0.6 is 0 Å². The molecule has 0 amide bonds. The average Bonchev–Trinajstić information content (AvgIpc) is 3.43. The van der Waals surface area contributed by atoms with Crippen LogP contribution in [0.3, 0.4) is 0 Å². The molecule has 3 aromatic rings. The van der Waals surface area contributed by atoms with Gasteiger partial charge in [-0.1, -0.05) is 13.8 Å². The summed E-state index contributed by atoms with van der Waals surface area (Å²) in [5.74, 6) is 1.59. The third-order valence-electron chi connectivity index (χ3n) is 4.89. The summed E-state index contributed by atoms with van der Waals surface area (Å²) < 4.78 is 27.6. The van der Waals surface area contributed by atoms with Crippen LogP contribution in [0.15, 0.2) is 29.5 Å². The summed E-state index contributed by atoms with van der Waals surface area (Å²) in [4.78, 5) is 25.3. The molecule has 0 saturated heterocycles. The molecule has 1 aliphatic rings. The lowest BCUT2D eigenvalue weighted by molar-refractivity contribution is 0.570. The van der Waals surface area contributed by atoms with E-state index in [0.29, 0.717) is 29.9 Å². The third-order valence-corrected chi connectivity index (χ3v) is 6.44. The van der Waals surface area contributed by atoms with Crippen LogP contribution in [0.2, 0.25) is 0 Å². The lowest BCUT2D eigenvalue weighted by atomic mass is 10.2. The molecule has 1 fully saturated rings. The fraction of sp³-hybridized carbons (Fsp3) is 0.526. The summed E-state index contributed by atoms with van der Waals surface area (Å²) in [6.07, 6.45) is 5.17. The SMILES string of the molecule is CC(C)CNc1ncc2ccc(=O)n(CCCS(=O)(=O)n3cnc(C4CC4)n3)c2n1. The summed E-state index contributed by atoms with van der Waals surface area (Å²) >= 11 is 0. The minimum Gasteiger partial charge on any atom is -0.354 e. The van der Waals surface area contributed by atoms with E-state index in [0.717, 1.165) is 22.3 Å². The fourth-order valence-corrected chi connectivity index (χ4v) is 4.17. The second-order valence-electron chi connectivity index (χ2n) is 7.99. The van der Waals surface area contributed by atoms with Gasteiger partial charge in [-0.05, 0) is 31.2 Å². The van der Waals surface area contributed by atoms with E-state index < -0.39 is 10.0 Å². The Morgan fingerprint density at radius 3 is 2.77 bits per heavy atom. The maximum absolute atomic E-state index is 12.6. The smallest absolute Gasteiger partial charge is 0.255 e. The molecule has 1 N–H and O–H groups in total. The molecule has 1 saturated carbocycles. The van der Waals surface area contributed by atoms with Crippen LogP contribution in [-0.4, -0.2) is 49.4 Å². The number of fused-ring (bicyclic) bond motifs is 1. The van der Waals surface area contributed by atoms with Gasteiger partial charge in [0.15, 0.2) is 5.82 Å². The number of aromatic nitrogens is 6. The van der Waals surface area contributed by atoms with Crippen LogP contribution in [0.25, 0.3) is 11.0 Å². The van der Waals surface area contributed by atoms with Gasteiger partial charge in [0.25, 0.3) is 15.6 Å². The van der Waals surface area contributed by atoms with Crippen molar-refractivity contribution in [2.75, 3.05) is 17.6 Å². The molecule has 0 spiro atoms. The maximum atomic E-state index is 12.6. The Morgan fingerprint density at radius 1 is 1.23 bits per heavy atom. The van der Waals surface area contributed by atoms with E-state index in [1.165, 1.54) is 17.0 Å². The van der Waals surface area contributed by atoms with Crippen molar-refractivity contribution in [3.8, 4) is 0 Å². The number of anilines is 1. The van der Waals surface area contributed by atoms with Crippen LogP contribution in [0.5, 0.6) is 0 Å². The number of nitrogens with zero attached hydrogens (tertiary/aromatic N) is 6. The molecule has 0 bridgehead atoms. The van der Waals surface area contributed by atoms with Gasteiger partial charge in [-0.3, -0.25) is 9.36 Å². The van der Waals surface area contributed by atoms with Gasteiger partial charge in [0.1, 0.15) is 12.0 Å². The van der Waals surface area contributed by atoms with Gasteiger partial charge in [0.05, 0.1) is 5.75 Å². The van der Waals surface area contributed by atoms with E-state index in [1.54, 1.807) is 12.3 Å². The van der Waals surface area contributed by atoms with Crippen LogP contribution in [0.1, 0.15) is 44.9 Å². The van der Waals surface area contributed by atoms with E-state index in [1.807, 2.05) is 0 Å². The van der Waals surface area contributed by atoms with Crippen molar-refractivity contribution < 1.29 is 8.42 Å². The second kappa shape index (κ2) is 8.13. The van der Waals surface area contributed by atoms with E-state index in [-0.39, 0.29) is 30.2 Å². The Bertz CT molecular complexity index is 1210. The molecule has 0 atom stereocenters. The zero-order valence-electron chi connectivity index (χ0n) is 17.0. The summed E-state index contributed by atoms with van der Waals surface area (Å²) in [6, 6.07) is 3.12. The summed E-state index contributed by atoms with van der Waals surface area (Å²) in [6.45, 7) is 5.09. The second-order valence-corrected chi connectivity index (χ2v) is 9.94. The van der Waals surface area contributed by atoms with Crippen molar-refractivity contribution in [3.05, 3.63) is 40.8 Å². The predicted octanol–water partition coefficient (Wildman–Crippen LogP) is 1.60. The number of hydrogen-bond acceptors (Lipinski definition) is 8. The highest BCUT2D eigenvalue weighted by Crippen LogP contribution is 2.37. The van der Waals surface area contributed by atoms with Gasteiger partial charge < -0.3 is 5.32 Å². The molecule has 0 radical (unpaired) electrons. The van der Waals surface area contributed by atoms with Gasteiger partial charge >= 0.3 is 0 Å². The van der Waals surface area contributed by atoms with Crippen molar-refractivity contribution in [2.45, 2.75) is 45.6 Å². The lowest BCUT2D eigenvalue weighted by Crippen LogP contribution is -2.24. The van der Waals surface area contributed by atoms with E-state index >= 15 is 0 Å². The first-order valence-corrected chi connectivity index (χ1v) is 11.7. The van der Waals surface area contributed by atoms with Gasteiger partial charge in [0, 0.05) is 36.7 Å². The highest BCUT2D eigenvalue weighted by atomic mass is 32.2. The zero-order chi connectivity index (χ0) is 21.3. The molecule has 0 aliphatic heterocycles. The molecule has 11 heteroatoms. The maximum Gasteiger partial charge on any atom is 0.255 e. The predicted molar refractivity (Wildman–Crippen MR) is 113 cm³/mol. The molecule has 3 aromatic heterocycles. The van der Waals surface area contributed by atoms with Crippen LogP contribution < -0.4 is 10.9 Å². The van der Waals surface area contributed by atoms with Crippen molar-refractivity contribution in [2.24, 2.45) is 5.92 Å². The standard InChI is InChI=1S/C19H25N7O3S/c1-13(2)10-20-19-21-11-15-6-7-16(27)25(18(15)23-19)8-3-9-30(28,29)26-12-22-17(24-26)14-4-5-14/h6-7,11-14H,3-5,8-10H2,1-2H3,(H,20,21,23). The summed E-state index contributed by atoms with van der Waals surface area (Å²) in [7, 11) is -3.63. The van der Waals surface area contributed by atoms with E-state index in [9.17, 15) is 13.2 Å². The Balaban J connectivity index is 1.50. The van der Waals surface area contributed by atoms with Crippen molar-refractivity contribution >= 4 is 27.0 Å². The molecule has 0 unspecified atom stereocenters. The molecule has 1 aliphatic carbocycles. The Labute approximate surface area is 174 Å². The van der Waals surface area contributed by atoms with Gasteiger partial charge in [-0.25, -0.2) is 18.4 Å². The molecule has 0 aromatic carbocycles. The highest BCUT2D eigenvalue weighted by molar-refractivity contribution is 7.89. The summed E-state index contributed by atoms with van der Waals surface area (Å²) in [5.41, 5.74) is 0.253. The fourth-order valence-electron chi connectivity index (χ4n) is 3.09. The lowest BCUT2D eigenvalue weighted by Gasteiger charge is -2.12. The first-order valence-electron chi connectivity index (χ1n) is 10.1. The van der Waals surface area contributed by atoms with Gasteiger partial charge in [-0.2, -0.15) is 4.98 Å². The highest BCUT2D eigenvalue weighted by Gasteiger charge is 2.29. The third kappa shape index (κ3) is 4.50. The van der Waals surface area contributed by atoms with E-state index in [4.69, 9.17) is 0 Å². The number of nitrogens with one attached hydrogen (secondary N) is 1. The minimum atomic E-state index is -3.63. The first kappa shape index (κ1) is 20.5. The first-order chi connectivity index (χ1) is 14.3. The molecule has 30 heavy (non-hydrogen) atoms. The number of aryl methyl sites for hydroxylation is 1. The van der Waals surface area contributed by atoms with Crippen LogP contribution in [0.4, 0.5) is 5.95 Å². The molecular weight excluding hydrogens is 406 g/mol. The van der Waals surface area contributed by atoms with Gasteiger partial charge in [0.2, 0.25) is 5.95 Å². The molecule has 10 nitrogen and oxygen atoms in total. The summed E-state index contributed by atoms with van der Waals surface area (Å²) in [5, 5.41) is 7.97. The number of rotatable bonds is 9. The Hall–Kier alpha value is -2.82. The minimum absolute atomic E-state index is 0.146. The van der Waals surface area contributed by atoms with Crippen LogP contribution in [-0.2, 0) is 16.6 Å². The molecule has 3 heterocycles. The molecule has 160 valence electrons. The molecule has 4 rings (SSSR count). The van der Waals surface area contributed by atoms with Crippen molar-refractivity contribution in [1.29, 1.82) is 0 Å². The number of pyridine rings is 1. The molecular formula is C19H25N7O3S. The number of hydrogen-bond donors (Lipinski definition) is 1.